The van der Waals surface area contributed by atoms with Gasteiger partial charge in [-0.05, 0) is 54.8 Å². The molecule has 1 amide bonds. The SMILES string of the molecule is N#Cc1ccc(/C=N\NC(=O)c2ccc(S(=O)(=O)N3CCCC3)cc2)cc1. The minimum Gasteiger partial charge on any atom is -0.267 e. The van der Waals surface area contributed by atoms with Crippen LogP contribution < -0.4 is 5.43 Å². The Morgan fingerprint density at radius 3 is 2.30 bits per heavy atom. The number of carbonyl (C=O) groups excluding carboxylic acids is 1. The lowest BCUT2D eigenvalue weighted by atomic mass is 10.2. The number of nitrogens with zero attached hydrogens (tertiary/aromatic N) is 3. The van der Waals surface area contributed by atoms with E-state index in [1.165, 1.54) is 34.8 Å². The Morgan fingerprint density at radius 2 is 1.70 bits per heavy atom. The number of hydrazone groups is 1. The minimum absolute atomic E-state index is 0.182. The number of hydrogen-bond acceptors (Lipinski definition) is 5. The van der Waals surface area contributed by atoms with Gasteiger partial charge >= 0.3 is 0 Å². The highest BCUT2D eigenvalue weighted by atomic mass is 32.2. The number of carbonyl (C=O) groups is 1. The monoisotopic (exact) mass is 382 g/mol. The number of benzene rings is 2. The summed E-state index contributed by atoms with van der Waals surface area (Å²) in [6, 6.07) is 14.6. The zero-order valence-corrected chi connectivity index (χ0v) is 15.3. The molecular weight excluding hydrogens is 364 g/mol. The van der Waals surface area contributed by atoms with E-state index in [0.29, 0.717) is 24.2 Å². The van der Waals surface area contributed by atoms with Crippen molar-refractivity contribution in [3.05, 3.63) is 65.2 Å². The number of sulfonamides is 1. The third-order valence-corrected chi connectivity index (χ3v) is 6.15. The third kappa shape index (κ3) is 4.39. The molecule has 1 saturated heterocycles. The van der Waals surface area contributed by atoms with Gasteiger partial charge in [-0.15, -0.1) is 0 Å². The van der Waals surface area contributed by atoms with Gasteiger partial charge in [0.25, 0.3) is 5.91 Å². The van der Waals surface area contributed by atoms with Crippen LogP contribution in [0.2, 0.25) is 0 Å². The largest absolute Gasteiger partial charge is 0.271 e. The Morgan fingerprint density at radius 1 is 1.07 bits per heavy atom. The lowest BCUT2D eigenvalue weighted by Gasteiger charge is -2.15. The fourth-order valence-electron chi connectivity index (χ4n) is 2.73. The number of hydrogen-bond donors (Lipinski definition) is 1. The van der Waals surface area contributed by atoms with Gasteiger partial charge in [-0.2, -0.15) is 14.7 Å². The van der Waals surface area contributed by atoms with E-state index in [4.69, 9.17) is 5.26 Å². The second kappa shape index (κ2) is 8.12. The Balaban J connectivity index is 1.63. The molecular formula is C19H18N4O3S. The first-order valence-corrected chi connectivity index (χ1v) is 9.88. The summed E-state index contributed by atoms with van der Waals surface area (Å²) in [7, 11) is -3.49. The molecule has 0 aromatic heterocycles. The standard InChI is InChI=1S/C19H18N4O3S/c20-13-15-3-5-16(6-4-15)14-21-22-19(24)17-7-9-18(10-8-17)27(25,26)23-11-1-2-12-23/h3-10,14H,1-2,11-12H2,(H,22,24)/b21-14-. The zero-order chi connectivity index (χ0) is 19.3. The van der Waals surface area contributed by atoms with Gasteiger partial charge in [0.1, 0.15) is 0 Å². The van der Waals surface area contributed by atoms with E-state index in [0.717, 1.165) is 18.4 Å². The molecule has 0 unspecified atom stereocenters. The Bertz CT molecular complexity index is 985. The van der Waals surface area contributed by atoms with Crippen LogP contribution in [0, 0.1) is 11.3 Å². The van der Waals surface area contributed by atoms with Crippen molar-refractivity contribution >= 4 is 22.1 Å². The number of nitriles is 1. The molecule has 0 aliphatic carbocycles. The van der Waals surface area contributed by atoms with Gasteiger partial charge in [0.05, 0.1) is 22.7 Å². The average molecular weight is 382 g/mol. The summed E-state index contributed by atoms with van der Waals surface area (Å²) in [5.41, 5.74) is 3.99. The first-order valence-electron chi connectivity index (χ1n) is 8.44. The van der Waals surface area contributed by atoms with E-state index < -0.39 is 15.9 Å². The first-order chi connectivity index (χ1) is 13.0. The van der Waals surface area contributed by atoms with Crippen molar-refractivity contribution in [1.82, 2.24) is 9.73 Å². The molecule has 0 atom stereocenters. The Hall–Kier alpha value is -3.02. The summed E-state index contributed by atoms with van der Waals surface area (Å²) in [5, 5.41) is 12.6. The maximum absolute atomic E-state index is 12.5. The van der Waals surface area contributed by atoms with Crippen LogP contribution in [0.5, 0.6) is 0 Å². The Kier molecular flexibility index (Phi) is 5.64. The van der Waals surface area contributed by atoms with Crippen LogP contribution in [0.4, 0.5) is 0 Å². The number of nitrogens with one attached hydrogen (secondary N) is 1. The van der Waals surface area contributed by atoms with Gasteiger partial charge in [-0.3, -0.25) is 4.79 Å². The van der Waals surface area contributed by atoms with Crippen LogP contribution in [0.25, 0.3) is 0 Å². The van der Waals surface area contributed by atoms with Gasteiger partial charge in [-0.1, -0.05) is 12.1 Å². The molecule has 1 fully saturated rings. The normalized spacial score (nSPS) is 14.9. The van der Waals surface area contributed by atoms with E-state index in [1.807, 2.05) is 6.07 Å². The van der Waals surface area contributed by atoms with Crippen LogP contribution in [0.15, 0.2) is 58.5 Å². The maximum Gasteiger partial charge on any atom is 0.271 e. The Labute approximate surface area is 158 Å². The molecule has 7 nitrogen and oxygen atoms in total. The van der Waals surface area contributed by atoms with Crippen LogP contribution >= 0.6 is 0 Å². The van der Waals surface area contributed by atoms with E-state index >= 15 is 0 Å². The smallest absolute Gasteiger partial charge is 0.267 e. The van der Waals surface area contributed by atoms with Gasteiger partial charge in [-0.25, -0.2) is 13.8 Å². The molecule has 1 heterocycles. The summed E-state index contributed by atoms with van der Waals surface area (Å²) < 4.78 is 26.4. The van der Waals surface area contributed by atoms with Crippen molar-refractivity contribution in [1.29, 1.82) is 5.26 Å². The van der Waals surface area contributed by atoms with Crippen molar-refractivity contribution in [2.45, 2.75) is 17.7 Å². The lowest BCUT2D eigenvalue weighted by Crippen LogP contribution is -2.28. The van der Waals surface area contributed by atoms with Crippen molar-refractivity contribution in [3.8, 4) is 6.07 Å². The van der Waals surface area contributed by atoms with Gasteiger partial charge in [0.2, 0.25) is 10.0 Å². The first kappa shape index (κ1) is 18.8. The van der Waals surface area contributed by atoms with Crippen LogP contribution in [0.3, 0.4) is 0 Å². The second-order valence-electron chi connectivity index (χ2n) is 6.07. The molecule has 1 N–H and O–H groups in total. The molecule has 1 aliphatic heterocycles. The molecule has 138 valence electrons. The lowest BCUT2D eigenvalue weighted by molar-refractivity contribution is 0.0955. The van der Waals surface area contributed by atoms with Gasteiger partial charge in [0, 0.05) is 18.7 Å². The molecule has 0 radical (unpaired) electrons. The predicted molar refractivity (Wildman–Crippen MR) is 101 cm³/mol. The fourth-order valence-corrected chi connectivity index (χ4v) is 4.25. The van der Waals surface area contributed by atoms with Crippen molar-refractivity contribution in [2.24, 2.45) is 5.10 Å². The topological polar surface area (TPSA) is 103 Å². The number of rotatable bonds is 5. The minimum atomic E-state index is -3.49. The molecule has 3 rings (SSSR count). The second-order valence-corrected chi connectivity index (χ2v) is 8.01. The van der Waals surface area contributed by atoms with Crippen LogP contribution in [0.1, 0.15) is 34.3 Å². The summed E-state index contributed by atoms with van der Waals surface area (Å²) >= 11 is 0. The van der Waals surface area contributed by atoms with E-state index in [-0.39, 0.29) is 4.90 Å². The van der Waals surface area contributed by atoms with Crippen molar-refractivity contribution < 1.29 is 13.2 Å². The summed E-state index contributed by atoms with van der Waals surface area (Å²) in [6.45, 7) is 1.07. The van der Waals surface area contributed by atoms with Crippen molar-refractivity contribution in [3.63, 3.8) is 0 Å². The molecule has 0 bridgehead atoms. The molecule has 0 spiro atoms. The van der Waals surface area contributed by atoms with Gasteiger partial charge in [0.15, 0.2) is 0 Å². The quantitative estimate of drug-likeness (QED) is 0.632. The zero-order valence-electron chi connectivity index (χ0n) is 14.5. The molecule has 0 saturated carbocycles. The van der Waals surface area contributed by atoms with Crippen LogP contribution in [-0.4, -0.2) is 37.9 Å². The predicted octanol–water partition coefficient (Wildman–Crippen LogP) is 2.11. The highest BCUT2D eigenvalue weighted by Crippen LogP contribution is 2.21. The third-order valence-electron chi connectivity index (χ3n) is 4.24. The molecule has 1 aliphatic rings. The van der Waals surface area contributed by atoms with Crippen LogP contribution in [-0.2, 0) is 10.0 Å². The molecule has 2 aromatic rings. The van der Waals surface area contributed by atoms with E-state index in [9.17, 15) is 13.2 Å². The highest BCUT2D eigenvalue weighted by Gasteiger charge is 2.27. The van der Waals surface area contributed by atoms with Crippen molar-refractivity contribution in [2.75, 3.05) is 13.1 Å². The summed E-state index contributed by atoms with van der Waals surface area (Å²) in [6.07, 6.45) is 3.21. The highest BCUT2D eigenvalue weighted by molar-refractivity contribution is 7.89. The summed E-state index contributed by atoms with van der Waals surface area (Å²) in [4.78, 5) is 12.3. The van der Waals surface area contributed by atoms with E-state index in [1.54, 1.807) is 24.3 Å². The maximum atomic E-state index is 12.5. The van der Waals surface area contributed by atoms with Gasteiger partial charge < -0.3 is 0 Å². The van der Waals surface area contributed by atoms with E-state index in [2.05, 4.69) is 10.5 Å². The fraction of sp³-hybridized carbons (Fsp3) is 0.211. The molecule has 2 aromatic carbocycles. The summed E-state index contributed by atoms with van der Waals surface area (Å²) in [5.74, 6) is -0.440. The molecule has 27 heavy (non-hydrogen) atoms. The molecule has 8 heteroatoms. The number of amides is 1. The average Bonchev–Trinajstić information content (AvgIpc) is 3.24.